The van der Waals surface area contributed by atoms with E-state index in [2.05, 4.69) is 11.2 Å². The summed E-state index contributed by atoms with van der Waals surface area (Å²) in [5.41, 5.74) is -0.605. The number of hydrogen-bond acceptors (Lipinski definition) is 2. The highest BCUT2D eigenvalue weighted by molar-refractivity contribution is 5.97. The summed E-state index contributed by atoms with van der Waals surface area (Å²) in [6.45, 7) is 5.46. The first kappa shape index (κ1) is 13.5. The van der Waals surface area contributed by atoms with E-state index in [1.54, 1.807) is 20.8 Å². The van der Waals surface area contributed by atoms with Gasteiger partial charge in [-0.1, -0.05) is 20.8 Å². The van der Waals surface area contributed by atoms with Gasteiger partial charge < -0.3 is 10.4 Å². The number of carboxylic acid groups (broad SMARTS) is 1. The van der Waals surface area contributed by atoms with Crippen LogP contribution in [0, 0.1) is 23.7 Å². The number of terminal acetylenes is 1. The fourth-order valence-corrected chi connectivity index (χ4v) is 1.24. The largest absolute Gasteiger partial charge is 0.481 e. The van der Waals surface area contributed by atoms with E-state index in [1.807, 2.05) is 0 Å². The molecular weight excluding hydrogens is 194 g/mol. The van der Waals surface area contributed by atoms with E-state index in [4.69, 9.17) is 11.5 Å². The molecule has 15 heavy (non-hydrogen) atoms. The number of nitrogens with one attached hydrogen (secondary N) is 1. The van der Waals surface area contributed by atoms with Crippen LogP contribution in [0.4, 0.5) is 0 Å². The van der Waals surface area contributed by atoms with E-state index >= 15 is 0 Å². The SMILES string of the molecule is C#CCCNC(=O)C(C(=O)O)C(C)(C)C. The fraction of sp³-hybridized carbons (Fsp3) is 0.636. The maximum absolute atomic E-state index is 11.5. The van der Waals surface area contributed by atoms with Crippen molar-refractivity contribution < 1.29 is 14.7 Å². The van der Waals surface area contributed by atoms with Gasteiger partial charge in [0, 0.05) is 13.0 Å². The fourth-order valence-electron chi connectivity index (χ4n) is 1.24. The molecule has 0 aromatic rings. The van der Waals surface area contributed by atoms with E-state index in [0.717, 1.165) is 0 Å². The molecule has 0 heterocycles. The van der Waals surface area contributed by atoms with Gasteiger partial charge in [0.15, 0.2) is 0 Å². The third-order valence-electron chi connectivity index (χ3n) is 1.94. The molecule has 0 spiro atoms. The Labute approximate surface area is 90.1 Å². The van der Waals surface area contributed by atoms with Gasteiger partial charge >= 0.3 is 5.97 Å². The van der Waals surface area contributed by atoms with Crippen molar-refractivity contribution in [1.82, 2.24) is 5.32 Å². The van der Waals surface area contributed by atoms with Crippen molar-refractivity contribution in [3.05, 3.63) is 0 Å². The summed E-state index contributed by atoms with van der Waals surface area (Å²) in [6.07, 6.45) is 5.42. The Kier molecular flexibility index (Phi) is 4.86. The van der Waals surface area contributed by atoms with Gasteiger partial charge in [-0.2, -0.15) is 0 Å². The monoisotopic (exact) mass is 211 g/mol. The predicted molar refractivity (Wildman–Crippen MR) is 57.0 cm³/mol. The topological polar surface area (TPSA) is 66.4 Å². The molecule has 2 N–H and O–H groups in total. The minimum atomic E-state index is -1.11. The Hall–Kier alpha value is -1.50. The summed E-state index contributed by atoms with van der Waals surface area (Å²) in [5, 5.41) is 11.4. The second-order valence-corrected chi connectivity index (χ2v) is 4.38. The van der Waals surface area contributed by atoms with Gasteiger partial charge in [-0.3, -0.25) is 9.59 Å². The van der Waals surface area contributed by atoms with Crippen LogP contribution < -0.4 is 5.32 Å². The predicted octanol–water partition coefficient (Wildman–Crippen LogP) is 0.873. The highest BCUT2D eigenvalue weighted by Crippen LogP contribution is 2.26. The Bertz CT molecular complexity index is 283. The minimum absolute atomic E-state index is 0.315. The van der Waals surface area contributed by atoms with Crippen LogP contribution in [0.3, 0.4) is 0 Å². The summed E-state index contributed by atoms with van der Waals surface area (Å²) in [4.78, 5) is 22.5. The average molecular weight is 211 g/mol. The van der Waals surface area contributed by atoms with E-state index < -0.39 is 23.2 Å². The van der Waals surface area contributed by atoms with Crippen LogP contribution in [0.5, 0.6) is 0 Å². The minimum Gasteiger partial charge on any atom is -0.481 e. The third kappa shape index (κ3) is 4.50. The molecule has 4 heteroatoms. The van der Waals surface area contributed by atoms with E-state index in [-0.39, 0.29) is 0 Å². The molecule has 0 bridgehead atoms. The van der Waals surface area contributed by atoms with Gasteiger partial charge in [0.1, 0.15) is 5.92 Å². The maximum Gasteiger partial charge on any atom is 0.316 e. The van der Waals surface area contributed by atoms with Crippen molar-refractivity contribution in [3.8, 4) is 12.3 Å². The Balaban J connectivity index is 4.47. The molecule has 84 valence electrons. The molecule has 0 aromatic heterocycles. The van der Waals surface area contributed by atoms with Crippen molar-refractivity contribution in [3.63, 3.8) is 0 Å². The molecular formula is C11H17NO3. The normalized spacial score (nSPS) is 12.7. The quantitative estimate of drug-likeness (QED) is 0.412. The van der Waals surface area contributed by atoms with Gasteiger partial charge in [0.25, 0.3) is 0 Å². The molecule has 4 nitrogen and oxygen atoms in total. The van der Waals surface area contributed by atoms with Crippen LogP contribution in [0.2, 0.25) is 0 Å². The smallest absolute Gasteiger partial charge is 0.316 e. The molecule has 0 rings (SSSR count). The van der Waals surface area contributed by atoms with Gasteiger partial charge in [-0.25, -0.2) is 0 Å². The molecule has 0 saturated carbocycles. The third-order valence-corrected chi connectivity index (χ3v) is 1.94. The summed E-state index contributed by atoms with van der Waals surface area (Å²) in [6, 6.07) is 0. The number of carbonyl (C=O) groups excluding carboxylic acids is 1. The molecule has 0 saturated heterocycles. The van der Waals surface area contributed by atoms with Crippen LogP contribution in [-0.4, -0.2) is 23.5 Å². The summed E-state index contributed by atoms with van der Waals surface area (Å²) >= 11 is 0. The lowest BCUT2D eigenvalue weighted by molar-refractivity contribution is -0.151. The van der Waals surface area contributed by atoms with Crippen molar-refractivity contribution in [2.24, 2.45) is 11.3 Å². The number of aliphatic carboxylic acids is 1. The lowest BCUT2D eigenvalue weighted by Crippen LogP contribution is -2.42. The molecule has 1 amide bonds. The second kappa shape index (κ2) is 5.40. The maximum atomic E-state index is 11.5. The first-order valence-corrected chi connectivity index (χ1v) is 4.74. The molecule has 0 aliphatic heterocycles. The highest BCUT2D eigenvalue weighted by Gasteiger charge is 2.37. The summed E-state index contributed by atoms with van der Waals surface area (Å²) < 4.78 is 0. The van der Waals surface area contributed by atoms with E-state index in [1.165, 1.54) is 0 Å². The molecule has 0 aliphatic rings. The van der Waals surface area contributed by atoms with Crippen LogP contribution in [-0.2, 0) is 9.59 Å². The number of carbonyl (C=O) groups is 2. The lowest BCUT2D eigenvalue weighted by atomic mass is 9.80. The average Bonchev–Trinajstić information content (AvgIpc) is 2.00. The van der Waals surface area contributed by atoms with Crippen LogP contribution in [0.15, 0.2) is 0 Å². The molecule has 0 aliphatic carbocycles. The zero-order chi connectivity index (χ0) is 12.1. The zero-order valence-corrected chi connectivity index (χ0v) is 9.33. The van der Waals surface area contributed by atoms with E-state index in [0.29, 0.717) is 13.0 Å². The zero-order valence-electron chi connectivity index (χ0n) is 9.33. The first-order valence-electron chi connectivity index (χ1n) is 4.74. The standard InChI is InChI=1S/C11H17NO3/c1-5-6-7-12-9(13)8(10(14)15)11(2,3)4/h1,8H,6-7H2,2-4H3,(H,12,13)(H,14,15). The first-order chi connectivity index (χ1) is 6.80. The van der Waals surface area contributed by atoms with Gasteiger partial charge in [0.2, 0.25) is 5.91 Å². The van der Waals surface area contributed by atoms with Crippen LogP contribution in [0.1, 0.15) is 27.2 Å². The Morgan fingerprint density at radius 1 is 1.47 bits per heavy atom. The number of amides is 1. The highest BCUT2D eigenvalue weighted by atomic mass is 16.4. The number of rotatable bonds is 4. The van der Waals surface area contributed by atoms with Crippen molar-refractivity contribution in [1.29, 1.82) is 0 Å². The second-order valence-electron chi connectivity index (χ2n) is 4.38. The molecule has 0 aromatic carbocycles. The van der Waals surface area contributed by atoms with Crippen LogP contribution >= 0.6 is 0 Å². The van der Waals surface area contributed by atoms with Crippen molar-refractivity contribution in [2.75, 3.05) is 6.54 Å². The Morgan fingerprint density at radius 2 is 2.00 bits per heavy atom. The summed E-state index contributed by atoms with van der Waals surface area (Å²) in [7, 11) is 0. The van der Waals surface area contributed by atoms with Gasteiger partial charge in [-0.15, -0.1) is 12.3 Å². The van der Waals surface area contributed by atoms with Crippen molar-refractivity contribution >= 4 is 11.9 Å². The molecule has 1 atom stereocenters. The van der Waals surface area contributed by atoms with E-state index in [9.17, 15) is 9.59 Å². The van der Waals surface area contributed by atoms with Gasteiger partial charge in [0.05, 0.1) is 0 Å². The Morgan fingerprint density at radius 3 is 2.33 bits per heavy atom. The molecule has 0 fully saturated rings. The molecule has 0 radical (unpaired) electrons. The number of hydrogen-bond donors (Lipinski definition) is 2. The van der Waals surface area contributed by atoms with Crippen molar-refractivity contribution in [2.45, 2.75) is 27.2 Å². The lowest BCUT2D eigenvalue weighted by Gasteiger charge is -2.25. The molecule has 1 unspecified atom stereocenters. The number of carboxylic acids is 1. The van der Waals surface area contributed by atoms with Gasteiger partial charge in [-0.05, 0) is 5.41 Å². The van der Waals surface area contributed by atoms with Crippen LogP contribution in [0.25, 0.3) is 0 Å². The summed E-state index contributed by atoms with van der Waals surface area (Å²) in [5.74, 6) is -0.270.